The Morgan fingerprint density at radius 3 is 1.33 bits per heavy atom. The Balaban J connectivity index is 1.14. The summed E-state index contributed by atoms with van der Waals surface area (Å²) in [5, 5.41) is 11.2. The van der Waals surface area contributed by atoms with Gasteiger partial charge in [-0.25, -0.2) is 4.98 Å². The number of nitrogens with zero attached hydrogens (tertiary/aromatic N) is 3. The van der Waals surface area contributed by atoms with Crippen molar-refractivity contribution in [2.75, 3.05) is 9.80 Å². The van der Waals surface area contributed by atoms with E-state index < -0.39 is 0 Å². The topological polar surface area (TPSA) is 32.5 Å². The first-order chi connectivity index (χ1) is 30.3. The molecule has 0 saturated carbocycles. The van der Waals surface area contributed by atoms with E-state index in [2.05, 4.69) is 234 Å². The number of rotatable bonds is 7. The van der Waals surface area contributed by atoms with Gasteiger partial charge < -0.3 is 14.2 Å². The normalized spacial score (nSPS) is 11.6. The number of aromatic nitrogens is 1. The van der Waals surface area contributed by atoms with Crippen LogP contribution in [0.3, 0.4) is 0 Å². The van der Waals surface area contributed by atoms with Crippen molar-refractivity contribution in [2.45, 2.75) is 0 Å². The van der Waals surface area contributed by atoms with Crippen LogP contribution in [0.2, 0.25) is 0 Å². The summed E-state index contributed by atoms with van der Waals surface area (Å²) in [6.45, 7) is 0. The van der Waals surface area contributed by atoms with E-state index in [0.29, 0.717) is 5.89 Å². The molecule has 286 valence electrons. The summed E-state index contributed by atoms with van der Waals surface area (Å²) >= 11 is 0. The van der Waals surface area contributed by atoms with Crippen molar-refractivity contribution in [2.24, 2.45) is 0 Å². The van der Waals surface area contributed by atoms with Crippen LogP contribution in [0, 0.1) is 0 Å². The molecule has 12 rings (SSSR count). The zero-order chi connectivity index (χ0) is 40.3. The van der Waals surface area contributed by atoms with Crippen molar-refractivity contribution in [3.63, 3.8) is 0 Å². The molecule has 0 N–H and O–H groups in total. The Morgan fingerprint density at radius 2 is 0.754 bits per heavy atom. The van der Waals surface area contributed by atoms with Crippen LogP contribution in [-0.2, 0) is 0 Å². The van der Waals surface area contributed by atoms with Crippen LogP contribution in [0.15, 0.2) is 229 Å². The zero-order valence-corrected chi connectivity index (χ0v) is 33.1. The highest BCUT2D eigenvalue weighted by atomic mass is 16.3. The third-order valence-electron chi connectivity index (χ3n) is 12.0. The minimum Gasteiger partial charge on any atom is -0.435 e. The van der Waals surface area contributed by atoms with Crippen LogP contribution >= 0.6 is 0 Å². The van der Waals surface area contributed by atoms with Gasteiger partial charge in [-0.1, -0.05) is 158 Å². The average molecular weight is 780 g/mol. The molecule has 0 unspecified atom stereocenters. The lowest BCUT2D eigenvalue weighted by molar-refractivity contribution is 0.624. The number of para-hydroxylation sites is 2. The summed E-state index contributed by atoms with van der Waals surface area (Å²) < 4.78 is 7.08. The third kappa shape index (κ3) is 5.80. The van der Waals surface area contributed by atoms with Crippen LogP contribution in [0.25, 0.3) is 76.4 Å². The first kappa shape index (κ1) is 34.8. The van der Waals surface area contributed by atoms with E-state index in [1.54, 1.807) is 0 Å². The molecule has 0 saturated heterocycles. The Labute approximate surface area is 352 Å². The molecule has 4 heteroatoms. The first-order valence-electron chi connectivity index (χ1n) is 20.7. The van der Waals surface area contributed by atoms with Crippen LogP contribution in [0.5, 0.6) is 0 Å². The SMILES string of the molecule is c1ccc(N(c2ccc3c4ccc(N(c5ccccc5)c5cccc6ccccc56)cc4c4oc(-c5cccc6ccccc56)nc4c3c2)c2cccc3ccccc23)cc1. The summed E-state index contributed by atoms with van der Waals surface area (Å²) in [7, 11) is 0. The molecule has 12 aromatic rings. The molecule has 61 heavy (non-hydrogen) atoms. The van der Waals surface area contributed by atoms with Crippen molar-refractivity contribution in [1.82, 2.24) is 4.98 Å². The molecule has 0 bridgehead atoms. The molecule has 0 aliphatic heterocycles. The van der Waals surface area contributed by atoms with E-state index in [1.165, 1.54) is 21.5 Å². The molecular formula is C57H37N3O. The highest BCUT2D eigenvalue weighted by Gasteiger charge is 2.23. The maximum Gasteiger partial charge on any atom is 0.227 e. The molecule has 0 radical (unpaired) electrons. The molecule has 4 nitrogen and oxygen atoms in total. The Bertz CT molecular complexity index is 3400. The van der Waals surface area contributed by atoms with E-state index in [1.807, 2.05) is 0 Å². The fourth-order valence-corrected chi connectivity index (χ4v) is 9.22. The van der Waals surface area contributed by atoms with E-state index >= 15 is 0 Å². The maximum atomic E-state index is 7.08. The second-order valence-electron chi connectivity index (χ2n) is 15.5. The number of fused-ring (bicyclic) bond motifs is 9. The second kappa shape index (κ2) is 14.3. The monoisotopic (exact) mass is 779 g/mol. The summed E-state index contributed by atoms with van der Waals surface area (Å²) in [6.07, 6.45) is 0. The number of oxazole rings is 1. The maximum absolute atomic E-state index is 7.08. The van der Waals surface area contributed by atoms with Gasteiger partial charge in [0.15, 0.2) is 5.58 Å². The van der Waals surface area contributed by atoms with Crippen molar-refractivity contribution < 1.29 is 4.42 Å². The molecule has 0 atom stereocenters. The van der Waals surface area contributed by atoms with Gasteiger partial charge >= 0.3 is 0 Å². The molecule has 0 aliphatic rings. The van der Waals surface area contributed by atoms with E-state index in [0.717, 1.165) is 83.1 Å². The predicted molar refractivity (Wildman–Crippen MR) is 256 cm³/mol. The van der Waals surface area contributed by atoms with Gasteiger partial charge in [-0.3, -0.25) is 0 Å². The van der Waals surface area contributed by atoms with Crippen LogP contribution in [0.4, 0.5) is 34.1 Å². The molecule has 0 aliphatic carbocycles. The van der Waals surface area contributed by atoms with Gasteiger partial charge in [0.1, 0.15) is 5.52 Å². The molecule has 0 spiro atoms. The van der Waals surface area contributed by atoms with Crippen molar-refractivity contribution in [1.29, 1.82) is 0 Å². The molecule has 0 fully saturated rings. The molecule has 1 aromatic heterocycles. The highest BCUT2D eigenvalue weighted by Crippen LogP contribution is 2.46. The van der Waals surface area contributed by atoms with Crippen molar-refractivity contribution >= 4 is 99.1 Å². The standard InChI is InChI=1S/C57H37N3O/c1-3-22-41(23-4-1)59(53-30-14-20-39-17-8-11-27-46(39)53)43-32-34-48-49-35-33-44(60(42-24-5-2-6-25-42)54-31-15-21-40-18-9-12-28-47(40)54)37-52(49)56-55(51(48)36-43)58-57(61-56)50-29-13-19-38-16-7-10-26-45(38)50/h1-37H. The number of hydrogen-bond donors (Lipinski definition) is 0. The molecule has 1 heterocycles. The van der Waals surface area contributed by atoms with Gasteiger partial charge in [-0.15, -0.1) is 0 Å². The Kier molecular flexibility index (Phi) is 8.13. The third-order valence-corrected chi connectivity index (χ3v) is 12.0. The van der Waals surface area contributed by atoms with Gasteiger partial charge in [0, 0.05) is 49.9 Å². The van der Waals surface area contributed by atoms with Crippen molar-refractivity contribution in [3.05, 3.63) is 224 Å². The van der Waals surface area contributed by atoms with Gasteiger partial charge in [-0.2, -0.15) is 0 Å². The fourth-order valence-electron chi connectivity index (χ4n) is 9.22. The first-order valence-corrected chi connectivity index (χ1v) is 20.7. The highest BCUT2D eigenvalue weighted by molar-refractivity contribution is 6.24. The lowest BCUT2D eigenvalue weighted by Crippen LogP contribution is -2.10. The van der Waals surface area contributed by atoms with Gasteiger partial charge in [-0.05, 0) is 99.0 Å². The number of benzene rings is 11. The summed E-state index contributed by atoms with van der Waals surface area (Å²) in [5.74, 6) is 0.597. The Hall–Kier alpha value is -8.21. The number of anilines is 6. The van der Waals surface area contributed by atoms with E-state index in [4.69, 9.17) is 9.40 Å². The number of hydrogen-bond acceptors (Lipinski definition) is 4. The molecular weight excluding hydrogens is 743 g/mol. The minimum absolute atomic E-state index is 0.597. The van der Waals surface area contributed by atoms with Gasteiger partial charge in [0.25, 0.3) is 0 Å². The van der Waals surface area contributed by atoms with E-state index in [-0.39, 0.29) is 0 Å². The quantitative estimate of drug-likeness (QED) is 0.151. The van der Waals surface area contributed by atoms with Crippen LogP contribution < -0.4 is 9.80 Å². The predicted octanol–water partition coefficient (Wildman–Crippen LogP) is 16.2. The van der Waals surface area contributed by atoms with Crippen LogP contribution in [-0.4, -0.2) is 4.98 Å². The molecule has 11 aromatic carbocycles. The van der Waals surface area contributed by atoms with E-state index in [9.17, 15) is 0 Å². The second-order valence-corrected chi connectivity index (χ2v) is 15.5. The summed E-state index contributed by atoms with van der Waals surface area (Å²) in [6, 6.07) is 79.8. The van der Waals surface area contributed by atoms with Crippen molar-refractivity contribution in [3.8, 4) is 11.5 Å². The lowest BCUT2D eigenvalue weighted by atomic mass is 9.98. The summed E-state index contributed by atoms with van der Waals surface area (Å²) in [4.78, 5) is 10.1. The lowest BCUT2D eigenvalue weighted by Gasteiger charge is -2.28. The molecule has 0 amide bonds. The van der Waals surface area contributed by atoms with Crippen LogP contribution in [0.1, 0.15) is 0 Å². The minimum atomic E-state index is 0.597. The van der Waals surface area contributed by atoms with Gasteiger partial charge in [0.05, 0.1) is 11.4 Å². The smallest absolute Gasteiger partial charge is 0.227 e. The summed E-state index contributed by atoms with van der Waals surface area (Å²) in [5.41, 5.74) is 8.97. The zero-order valence-electron chi connectivity index (χ0n) is 33.1. The fraction of sp³-hybridized carbons (Fsp3) is 0. The average Bonchev–Trinajstić information content (AvgIpc) is 3.79. The van der Waals surface area contributed by atoms with Gasteiger partial charge in [0.2, 0.25) is 5.89 Å². The Morgan fingerprint density at radius 1 is 0.311 bits per heavy atom. The largest absolute Gasteiger partial charge is 0.435 e.